The molecule has 0 aliphatic heterocycles. The van der Waals surface area contributed by atoms with Gasteiger partial charge in [0.1, 0.15) is 0 Å². The molecule has 0 saturated heterocycles. The molecule has 82 valence electrons. The van der Waals surface area contributed by atoms with E-state index in [1.54, 1.807) is 0 Å². The number of nitrogen functional groups attached to an aromatic ring is 1. The van der Waals surface area contributed by atoms with Crippen LogP contribution in [-0.2, 0) is 6.18 Å². The molecule has 0 unspecified atom stereocenters. The molecule has 0 radical (unpaired) electrons. The van der Waals surface area contributed by atoms with Crippen LogP contribution in [0.1, 0.15) is 22.8 Å². The Morgan fingerprint density at radius 1 is 1.40 bits per heavy atom. The predicted octanol–water partition coefficient (Wildman–Crippen LogP) is 3.14. The van der Waals surface area contributed by atoms with E-state index in [0.29, 0.717) is 6.07 Å². The molecule has 0 aliphatic carbocycles. The molecular formula is C9H7ClF3NO. The third kappa shape index (κ3) is 2.41. The summed E-state index contributed by atoms with van der Waals surface area (Å²) in [6, 6.07) is 1.82. The van der Waals surface area contributed by atoms with Gasteiger partial charge in [-0.2, -0.15) is 13.2 Å². The minimum absolute atomic E-state index is 0.107. The van der Waals surface area contributed by atoms with Gasteiger partial charge in [0.15, 0.2) is 5.78 Å². The zero-order valence-corrected chi connectivity index (χ0v) is 8.41. The summed E-state index contributed by atoms with van der Waals surface area (Å²) in [6.45, 7) is 1.16. The van der Waals surface area contributed by atoms with Crippen LogP contribution in [0.5, 0.6) is 0 Å². The number of ketones is 1. The number of carbonyl (C=O) groups excluding carboxylic acids is 1. The number of hydrogen-bond acceptors (Lipinski definition) is 2. The maximum Gasteiger partial charge on any atom is 0.417 e. The van der Waals surface area contributed by atoms with Crippen molar-refractivity contribution in [1.82, 2.24) is 0 Å². The Morgan fingerprint density at radius 3 is 2.33 bits per heavy atom. The molecule has 1 aromatic carbocycles. The number of anilines is 1. The van der Waals surface area contributed by atoms with Gasteiger partial charge in [0.25, 0.3) is 0 Å². The molecule has 1 aromatic rings. The lowest BCUT2D eigenvalue weighted by Gasteiger charge is -2.11. The third-order valence-electron chi connectivity index (χ3n) is 1.81. The first-order valence-electron chi connectivity index (χ1n) is 3.90. The molecule has 0 aromatic heterocycles. The van der Waals surface area contributed by atoms with E-state index in [0.717, 1.165) is 13.0 Å². The number of benzene rings is 1. The SMILES string of the molecule is CC(=O)c1cc(N)c(Cl)c(C(F)(F)F)c1. The summed E-state index contributed by atoms with van der Waals surface area (Å²) in [5.41, 5.74) is 3.82. The van der Waals surface area contributed by atoms with E-state index in [1.807, 2.05) is 0 Å². The van der Waals surface area contributed by atoms with Gasteiger partial charge < -0.3 is 5.73 Å². The molecule has 0 atom stereocenters. The van der Waals surface area contributed by atoms with E-state index in [-0.39, 0.29) is 11.3 Å². The van der Waals surface area contributed by atoms with Gasteiger partial charge in [-0.15, -0.1) is 0 Å². The van der Waals surface area contributed by atoms with Crippen LogP contribution >= 0.6 is 11.6 Å². The highest BCUT2D eigenvalue weighted by Crippen LogP contribution is 2.38. The number of hydrogen-bond donors (Lipinski definition) is 1. The van der Waals surface area contributed by atoms with Crippen molar-refractivity contribution in [3.63, 3.8) is 0 Å². The molecule has 0 heterocycles. The van der Waals surface area contributed by atoms with E-state index in [2.05, 4.69) is 0 Å². The summed E-state index contributed by atoms with van der Waals surface area (Å²) >= 11 is 5.40. The molecule has 0 spiro atoms. The Bertz CT molecular complexity index is 415. The van der Waals surface area contributed by atoms with Crippen LogP contribution in [0, 0.1) is 0 Å². The zero-order valence-electron chi connectivity index (χ0n) is 7.65. The fourth-order valence-electron chi connectivity index (χ4n) is 1.06. The van der Waals surface area contributed by atoms with Gasteiger partial charge in [-0.05, 0) is 19.1 Å². The van der Waals surface area contributed by atoms with E-state index < -0.39 is 22.5 Å². The van der Waals surface area contributed by atoms with Crippen molar-refractivity contribution in [2.45, 2.75) is 13.1 Å². The highest BCUT2D eigenvalue weighted by Gasteiger charge is 2.34. The lowest BCUT2D eigenvalue weighted by atomic mass is 10.1. The van der Waals surface area contributed by atoms with Crippen LogP contribution in [0.25, 0.3) is 0 Å². The lowest BCUT2D eigenvalue weighted by Crippen LogP contribution is -2.09. The van der Waals surface area contributed by atoms with Crippen LogP contribution in [-0.4, -0.2) is 5.78 Å². The molecule has 0 bridgehead atoms. The summed E-state index contributed by atoms with van der Waals surface area (Å²) in [7, 11) is 0. The topological polar surface area (TPSA) is 43.1 Å². The largest absolute Gasteiger partial charge is 0.417 e. The van der Waals surface area contributed by atoms with Gasteiger partial charge in [0, 0.05) is 5.56 Å². The first kappa shape index (κ1) is 11.8. The zero-order chi connectivity index (χ0) is 11.8. The summed E-state index contributed by atoms with van der Waals surface area (Å²) in [5.74, 6) is -0.496. The Balaban J connectivity index is 3.45. The fraction of sp³-hybridized carbons (Fsp3) is 0.222. The van der Waals surface area contributed by atoms with Crippen molar-refractivity contribution < 1.29 is 18.0 Å². The van der Waals surface area contributed by atoms with Crippen LogP contribution in [0.3, 0.4) is 0 Å². The molecule has 0 amide bonds. The molecule has 0 aliphatic rings. The quantitative estimate of drug-likeness (QED) is 0.602. The van der Waals surface area contributed by atoms with Crippen LogP contribution in [0.15, 0.2) is 12.1 Å². The van der Waals surface area contributed by atoms with Gasteiger partial charge >= 0.3 is 6.18 Å². The number of carbonyl (C=O) groups is 1. The molecule has 2 N–H and O–H groups in total. The Labute approximate surface area is 88.8 Å². The molecule has 2 nitrogen and oxygen atoms in total. The number of nitrogens with two attached hydrogens (primary N) is 1. The normalized spacial score (nSPS) is 11.5. The second-order valence-corrected chi connectivity index (χ2v) is 3.36. The highest BCUT2D eigenvalue weighted by molar-refractivity contribution is 6.34. The standard InChI is InChI=1S/C9H7ClF3NO/c1-4(15)5-2-6(9(11,12)13)8(10)7(14)3-5/h2-3H,14H2,1H3. The summed E-state index contributed by atoms with van der Waals surface area (Å²) < 4.78 is 37.3. The smallest absolute Gasteiger partial charge is 0.397 e. The van der Waals surface area contributed by atoms with Crippen molar-refractivity contribution in [3.8, 4) is 0 Å². The first-order valence-corrected chi connectivity index (χ1v) is 4.28. The van der Waals surface area contributed by atoms with Gasteiger partial charge in [-0.25, -0.2) is 0 Å². The Kier molecular flexibility index (Phi) is 2.95. The van der Waals surface area contributed by atoms with Gasteiger partial charge in [0.2, 0.25) is 0 Å². The van der Waals surface area contributed by atoms with E-state index >= 15 is 0 Å². The summed E-state index contributed by atoms with van der Waals surface area (Å²) in [6.07, 6.45) is -4.61. The average molecular weight is 238 g/mol. The summed E-state index contributed by atoms with van der Waals surface area (Å²) in [5, 5.41) is -0.576. The second-order valence-electron chi connectivity index (χ2n) is 2.98. The van der Waals surface area contributed by atoms with Crippen molar-refractivity contribution in [3.05, 3.63) is 28.3 Å². The number of Topliss-reactive ketones (excluding diaryl/α,β-unsaturated/α-hetero) is 1. The van der Waals surface area contributed by atoms with Gasteiger partial charge in [-0.3, -0.25) is 4.79 Å². The van der Waals surface area contributed by atoms with E-state index in [9.17, 15) is 18.0 Å². The molecule has 15 heavy (non-hydrogen) atoms. The van der Waals surface area contributed by atoms with Crippen LogP contribution < -0.4 is 5.73 Å². The number of halogens is 4. The molecule has 6 heteroatoms. The minimum atomic E-state index is -4.61. The molecule has 0 fully saturated rings. The maximum atomic E-state index is 12.4. The second kappa shape index (κ2) is 3.73. The van der Waals surface area contributed by atoms with Gasteiger partial charge in [0.05, 0.1) is 16.3 Å². The Hall–Kier alpha value is -1.23. The van der Waals surface area contributed by atoms with E-state index in [1.165, 1.54) is 0 Å². The van der Waals surface area contributed by atoms with Crippen LogP contribution in [0.2, 0.25) is 5.02 Å². The molecule has 1 rings (SSSR count). The number of alkyl halides is 3. The van der Waals surface area contributed by atoms with Crippen molar-refractivity contribution in [2.75, 3.05) is 5.73 Å². The van der Waals surface area contributed by atoms with Gasteiger partial charge in [-0.1, -0.05) is 11.6 Å². The van der Waals surface area contributed by atoms with Crippen molar-refractivity contribution in [1.29, 1.82) is 0 Å². The molecular weight excluding hydrogens is 231 g/mol. The fourth-order valence-corrected chi connectivity index (χ4v) is 1.27. The minimum Gasteiger partial charge on any atom is -0.397 e. The first-order chi connectivity index (χ1) is 6.73. The summed E-state index contributed by atoms with van der Waals surface area (Å²) in [4.78, 5) is 10.9. The maximum absolute atomic E-state index is 12.4. The Morgan fingerprint density at radius 2 is 1.93 bits per heavy atom. The lowest BCUT2D eigenvalue weighted by molar-refractivity contribution is -0.137. The highest BCUT2D eigenvalue weighted by atomic mass is 35.5. The van der Waals surface area contributed by atoms with Crippen molar-refractivity contribution >= 4 is 23.1 Å². The predicted molar refractivity (Wildman–Crippen MR) is 50.9 cm³/mol. The van der Waals surface area contributed by atoms with Crippen molar-refractivity contribution in [2.24, 2.45) is 0 Å². The molecule has 0 saturated carbocycles. The number of rotatable bonds is 1. The third-order valence-corrected chi connectivity index (χ3v) is 2.23. The van der Waals surface area contributed by atoms with Crippen LogP contribution in [0.4, 0.5) is 18.9 Å². The monoisotopic (exact) mass is 237 g/mol. The van der Waals surface area contributed by atoms with E-state index in [4.69, 9.17) is 17.3 Å². The average Bonchev–Trinajstić information content (AvgIpc) is 2.06.